The second-order valence-electron chi connectivity index (χ2n) is 2.78. The fourth-order valence-corrected chi connectivity index (χ4v) is 1.01. The van der Waals surface area contributed by atoms with Gasteiger partial charge in [0.2, 0.25) is 0 Å². The fourth-order valence-electron chi connectivity index (χ4n) is 1.01. The fraction of sp³-hybridized carbons (Fsp3) is 0.444. The van der Waals surface area contributed by atoms with Gasteiger partial charge in [0.05, 0.1) is 6.20 Å². The second-order valence-corrected chi connectivity index (χ2v) is 2.78. The molecule has 0 aliphatic carbocycles. The highest BCUT2D eigenvalue weighted by molar-refractivity contribution is 5.08. The van der Waals surface area contributed by atoms with E-state index >= 15 is 0 Å². The number of rotatable bonds is 4. The molecule has 3 heteroatoms. The Morgan fingerprint density at radius 1 is 1.58 bits per heavy atom. The Morgan fingerprint density at radius 3 is 3.00 bits per heavy atom. The number of hydrogen-bond donors (Lipinski definition) is 1. The zero-order valence-electron chi connectivity index (χ0n) is 7.40. The molecule has 2 N–H and O–H groups in total. The summed E-state index contributed by atoms with van der Waals surface area (Å²) >= 11 is 0. The minimum absolute atomic E-state index is 0.726. The van der Waals surface area contributed by atoms with Crippen molar-refractivity contribution >= 4 is 0 Å². The van der Waals surface area contributed by atoms with Crippen molar-refractivity contribution < 1.29 is 0 Å². The molecule has 1 aromatic rings. The predicted octanol–water partition coefficient (Wildman–Crippen LogP) is 0.868. The number of aromatic nitrogens is 2. The van der Waals surface area contributed by atoms with E-state index < -0.39 is 0 Å². The molecule has 1 aromatic heterocycles. The molecule has 0 aliphatic rings. The molecule has 1 rings (SSSR count). The van der Waals surface area contributed by atoms with Crippen molar-refractivity contribution in [2.45, 2.75) is 12.8 Å². The van der Waals surface area contributed by atoms with E-state index in [-0.39, 0.29) is 0 Å². The molecule has 0 fully saturated rings. The average molecular weight is 165 g/mol. The zero-order chi connectivity index (χ0) is 8.81. The first kappa shape index (κ1) is 9.00. The highest BCUT2D eigenvalue weighted by atomic mass is 15.2. The van der Waals surface area contributed by atoms with E-state index in [1.54, 1.807) is 0 Å². The Labute approximate surface area is 72.9 Å². The van der Waals surface area contributed by atoms with Crippen LogP contribution in [-0.4, -0.2) is 16.3 Å². The van der Waals surface area contributed by atoms with Gasteiger partial charge in [-0.2, -0.15) is 5.10 Å². The summed E-state index contributed by atoms with van der Waals surface area (Å²) in [6, 6.07) is 0. The minimum Gasteiger partial charge on any atom is -0.330 e. The van der Waals surface area contributed by atoms with Gasteiger partial charge in [-0.15, -0.1) is 0 Å². The van der Waals surface area contributed by atoms with Crippen LogP contribution in [0.15, 0.2) is 24.5 Å². The van der Waals surface area contributed by atoms with Gasteiger partial charge in [0.25, 0.3) is 0 Å². The molecule has 0 unspecified atom stereocenters. The molecule has 0 saturated heterocycles. The summed E-state index contributed by atoms with van der Waals surface area (Å²) in [6.45, 7) is 0.726. The van der Waals surface area contributed by atoms with Crippen LogP contribution < -0.4 is 5.73 Å². The van der Waals surface area contributed by atoms with Crippen LogP contribution in [0, 0.1) is 0 Å². The topological polar surface area (TPSA) is 43.8 Å². The molecular weight excluding hydrogens is 150 g/mol. The summed E-state index contributed by atoms with van der Waals surface area (Å²) in [5, 5.41) is 4.07. The van der Waals surface area contributed by atoms with E-state index in [1.165, 1.54) is 5.56 Å². The number of allylic oxidation sites excluding steroid dienone is 1. The van der Waals surface area contributed by atoms with Gasteiger partial charge >= 0.3 is 0 Å². The number of hydrogen-bond acceptors (Lipinski definition) is 2. The maximum Gasteiger partial charge on any atom is 0.0524 e. The summed E-state index contributed by atoms with van der Waals surface area (Å²) in [5.74, 6) is 0. The van der Waals surface area contributed by atoms with E-state index in [2.05, 4.69) is 17.3 Å². The molecule has 66 valence electrons. The lowest BCUT2D eigenvalue weighted by Crippen LogP contribution is -1.95. The molecule has 0 saturated carbocycles. The number of aryl methyl sites for hydroxylation is 1. The van der Waals surface area contributed by atoms with Crippen LogP contribution in [0.3, 0.4) is 0 Å². The van der Waals surface area contributed by atoms with Crippen LogP contribution in [0.25, 0.3) is 0 Å². The standard InChI is InChI=1S/C9H15N3/c1-12-8-9(7-11-12)5-3-2-4-6-10/h2-3,7-8H,4-6,10H2,1H3. The van der Waals surface area contributed by atoms with Crippen LogP contribution in [0.4, 0.5) is 0 Å². The van der Waals surface area contributed by atoms with Crippen LogP contribution in [-0.2, 0) is 13.5 Å². The smallest absolute Gasteiger partial charge is 0.0524 e. The van der Waals surface area contributed by atoms with Gasteiger partial charge in [-0.3, -0.25) is 4.68 Å². The minimum atomic E-state index is 0.726. The molecule has 0 atom stereocenters. The van der Waals surface area contributed by atoms with E-state index in [9.17, 15) is 0 Å². The summed E-state index contributed by atoms with van der Waals surface area (Å²) < 4.78 is 1.81. The lowest BCUT2D eigenvalue weighted by Gasteiger charge is -1.87. The Morgan fingerprint density at radius 2 is 2.42 bits per heavy atom. The predicted molar refractivity (Wildman–Crippen MR) is 49.7 cm³/mol. The summed E-state index contributed by atoms with van der Waals surface area (Å²) in [7, 11) is 1.92. The Bertz CT molecular complexity index is 250. The third kappa shape index (κ3) is 2.88. The van der Waals surface area contributed by atoms with Crippen LogP contribution in [0.2, 0.25) is 0 Å². The Balaban J connectivity index is 2.33. The molecule has 0 spiro atoms. The van der Waals surface area contributed by atoms with Crippen LogP contribution in [0.1, 0.15) is 12.0 Å². The third-order valence-corrected chi connectivity index (χ3v) is 1.61. The van der Waals surface area contributed by atoms with Gasteiger partial charge in [0.1, 0.15) is 0 Å². The molecule has 0 bridgehead atoms. The highest BCUT2D eigenvalue weighted by Gasteiger charge is 1.90. The van der Waals surface area contributed by atoms with Gasteiger partial charge in [0.15, 0.2) is 0 Å². The lowest BCUT2D eigenvalue weighted by molar-refractivity contribution is 0.767. The maximum atomic E-state index is 5.34. The molecular formula is C9H15N3. The molecule has 0 radical (unpaired) electrons. The van der Waals surface area contributed by atoms with Gasteiger partial charge < -0.3 is 5.73 Å². The van der Waals surface area contributed by atoms with E-state index in [4.69, 9.17) is 5.73 Å². The van der Waals surface area contributed by atoms with E-state index in [0.717, 1.165) is 19.4 Å². The first-order chi connectivity index (χ1) is 5.83. The molecule has 0 aromatic carbocycles. The first-order valence-electron chi connectivity index (χ1n) is 4.15. The average Bonchev–Trinajstić information content (AvgIpc) is 2.45. The highest BCUT2D eigenvalue weighted by Crippen LogP contribution is 1.98. The van der Waals surface area contributed by atoms with Crippen molar-refractivity contribution in [2.24, 2.45) is 12.8 Å². The van der Waals surface area contributed by atoms with Crippen molar-refractivity contribution in [1.29, 1.82) is 0 Å². The molecule has 1 heterocycles. The van der Waals surface area contributed by atoms with Crippen molar-refractivity contribution in [2.75, 3.05) is 6.54 Å². The largest absolute Gasteiger partial charge is 0.330 e. The maximum absolute atomic E-state index is 5.34. The first-order valence-corrected chi connectivity index (χ1v) is 4.15. The summed E-state index contributed by atoms with van der Waals surface area (Å²) in [6.07, 6.45) is 10.0. The van der Waals surface area contributed by atoms with Gasteiger partial charge in [-0.1, -0.05) is 12.2 Å². The SMILES string of the molecule is Cn1cc(CC=CCCN)cn1. The van der Waals surface area contributed by atoms with Crippen molar-refractivity contribution in [3.05, 3.63) is 30.1 Å². The number of nitrogens with two attached hydrogens (primary N) is 1. The third-order valence-electron chi connectivity index (χ3n) is 1.61. The summed E-state index contributed by atoms with van der Waals surface area (Å²) in [4.78, 5) is 0. The quantitative estimate of drug-likeness (QED) is 0.673. The molecule has 12 heavy (non-hydrogen) atoms. The van der Waals surface area contributed by atoms with E-state index in [0.29, 0.717) is 0 Å². The second kappa shape index (κ2) is 4.72. The van der Waals surface area contributed by atoms with Gasteiger partial charge in [0, 0.05) is 13.2 Å². The lowest BCUT2D eigenvalue weighted by atomic mass is 10.2. The summed E-state index contributed by atoms with van der Waals surface area (Å²) in [5.41, 5.74) is 6.59. The molecule has 0 aliphatic heterocycles. The van der Waals surface area contributed by atoms with Gasteiger partial charge in [-0.25, -0.2) is 0 Å². The van der Waals surface area contributed by atoms with Crippen molar-refractivity contribution in [3.8, 4) is 0 Å². The number of nitrogens with zero attached hydrogens (tertiary/aromatic N) is 2. The Kier molecular flexibility index (Phi) is 3.54. The van der Waals surface area contributed by atoms with Crippen LogP contribution >= 0.6 is 0 Å². The van der Waals surface area contributed by atoms with E-state index in [1.807, 2.05) is 24.1 Å². The normalized spacial score (nSPS) is 11.2. The zero-order valence-corrected chi connectivity index (χ0v) is 7.40. The van der Waals surface area contributed by atoms with Gasteiger partial charge in [-0.05, 0) is 24.9 Å². The molecule has 0 amide bonds. The van der Waals surface area contributed by atoms with Crippen molar-refractivity contribution in [3.63, 3.8) is 0 Å². The Hall–Kier alpha value is -1.09. The molecule has 3 nitrogen and oxygen atoms in total. The van der Waals surface area contributed by atoms with Crippen molar-refractivity contribution in [1.82, 2.24) is 9.78 Å². The monoisotopic (exact) mass is 165 g/mol. The van der Waals surface area contributed by atoms with Crippen LogP contribution in [0.5, 0.6) is 0 Å².